The van der Waals surface area contributed by atoms with Crippen LogP contribution in [0.5, 0.6) is 0 Å². The van der Waals surface area contributed by atoms with E-state index in [0.717, 1.165) is 33.6 Å². The Labute approximate surface area is 255 Å². The van der Waals surface area contributed by atoms with Crippen LogP contribution in [0.15, 0.2) is 127 Å². The molecular weight excluding hydrogens is 534 g/mol. The van der Waals surface area contributed by atoms with E-state index in [2.05, 4.69) is 134 Å². The monoisotopic (exact) mass is 561 g/mol. The minimum Gasteiger partial charge on any atom is -0.291 e. The van der Waals surface area contributed by atoms with Gasteiger partial charge in [0.2, 0.25) is 0 Å². The van der Waals surface area contributed by atoms with E-state index in [1.165, 1.54) is 60.8 Å². The first-order valence-corrected chi connectivity index (χ1v) is 15.3. The molecule has 1 aliphatic carbocycles. The minimum atomic E-state index is -0.0276. The van der Waals surface area contributed by atoms with Crippen LogP contribution in [-0.4, -0.2) is 14.5 Å². The van der Waals surface area contributed by atoms with E-state index in [-0.39, 0.29) is 5.41 Å². The van der Waals surface area contributed by atoms with Crippen LogP contribution in [0.3, 0.4) is 0 Å². The van der Waals surface area contributed by atoms with Gasteiger partial charge in [0.25, 0.3) is 0 Å². The summed E-state index contributed by atoms with van der Waals surface area (Å²) >= 11 is 0. The second kappa shape index (κ2) is 8.30. The molecule has 3 heteroatoms. The molecule has 10 rings (SSSR count). The second-order valence-corrected chi connectivity index (χ2v) is 12.6. The molecule has 0 saturated carbocycles. The molecule has 0 N–H and O–H groups in total. The van der Waals surface area contributed by atoms with Gasteiger partial charge in [-0.2, -0.15) is 0 Å². The van der Waals surface area contributed by atoms with Crippen LogP contribution in [0.25, 0.3) is 83.3 Å². The third-order valence-electron chi connectivity index (χ3n) is 9.95. The van der Waals surface area contributed by atoms with E-state index >= 15 is 0 Å². The Hall–Kier alpha value is -5.54. The highest BCUT2D eigenvalue weighted by Crippen LogP contribution is 2.52. The summed E-state index contributed by atoms with van der Waals surface area (Å²) in [6, 6.07) is 46.2. The number of hydrogen-bond acceptors (Lipinski definition) is 2. The first-order chi connectivity index (χ1) is 21.6. The predicted octanol–water partition coefficient (Wildman–Crippen LogP) is 10.3. The molecule has 3 heterocycles. The number of rotatable bonds is 1. The molecule has 0 fully saturated rings. The lowest BCUT2D eigenvalue weighted by Gasteiger charge is -2.21. The number of benzene rings is 6. The highest BCUT2D eigenvalue weighted by atomic mass is 15.1. The Kier molecular flexibility index (Phi) is 4.52. The van der Waals surface area contributed by atoms with Crippen molar-refractivity contribution in [1.82, 2.24) is 14.5 Å². The molecular formula is C41H27N3. The maximum Gasteiger partial charge on any atom is 0.165 e. The highest BCUT2D eigenvalue weighted by molar-refractivity contribution is 6.19. The van der Waals surface area contributed by atoms with Gasteiger partial charge >= 0.3 is 0 Å². The first-order valence-electron chi connectivity index (χ1n) is 15.3. The minimum absolute atomic E-state index is 0.0276. The Morgan fingerprint density at radius 1 is 0.523 bits per heavy atom. The summed E-state index contributed by atoms with van der Waals surface area (Å²) in [4.78, 5) is 10.6. The van der Waals surface area contributed by atoms with Crippen molar-refractivity contribution in [2.24, 2.45) is 0 Å². The first kappa shape index (κ1) is 24.0. The second-order valence-electron chi connectivity index (χ2n) is 12.6. The van der Waals surface area contributed by atoms with Crippen LogP contribution in [0.1, 0.15) is 25.0 Å². The maximum atomic E-state index is 5.31. The molecule has 0 bridgehead atoms. The SMILES string of the molecule is CC1(C)c2ccccc2-c2cc(-c3ccc4c5ccccc5n5c4c3-c3ccccc3-c3nc4ccccc4nc3-5)ccc21. The number of hydrogen-bond donors (Lipinski definition) is 0. The summed E-state index contributed by atoms with van der Waals surface area (Å²) in [6.07, 6.45) is 0. The van der Waals surface area contributed by atoms with E-state index in [9.17, 15) is 0 Å². The van der Waals surface area contributed by atoms with Gasteiger partial charge in [-0.15, -0.1) is 0 Å². The molecule has 6 aromatic carbocycles. The van der Waals surface area contributed by atoms with E-state index in [4.69, 9.17) is 9.97 Å². The third-order valence-corrected chi connectivity index (χ3v) is 9.95. The predicted molar refractivity (Wildman–Crippen MR) is 181 cm³/mol. The smallest absolute Gasteiger partial charge is 0.165 e. The fourth-order valence-electron chi connectivity index (χ4n) is 7.91. The van der Waals surface area contributed by atoms with Crippen LogP contribution >= 0.6 is 0 Å². The lowest BCUT2D eigenvalue weighted by atomic mass is 9.82. The molecule has 44 heavy (non-hydrogen) atoms. The van der Waals surface area contributed by atoms with Crippen LogP contribution < -0.4 is 0 Å². The summed E-state index contributed by atoms with van der Waals surface area (Å²) < 4.78 is 2.37. The van der Waals surface area contributed by atoms with Crippen LogP contribution in [0.4, 0.5) is 0 Å². The molecule has 0 radical (unpaired) electrons. The molecule has 206 valence electrons. The molecule has 0 atom stereocenters. The van der Waals surface area contributed by atoms with E-state index in [1.807, 2.05) is 12.1 Å². The van der Waals surface area contributed by atoms with Crippen LogP contribution in [-0.2, 0) is 5.41 Å². The van der Waals surface area contributed by atoms with Gasteiger partial charge in [0.05, 0.1) is 22.1 Å². The van der Waals surface area contributed by atoms with Crippen molar-refractivity contribution in [3.05, 3.63) is 139 Å². The van der Waals surface area contributed by atoms with Crippen molar-refractivity contribution in [3.63, 3.8) is 0 Å². The summed E-state index contributed by atoms with van der Waals surface area (Å²) in [6.45, 7) is 4.68. The molecule has 0 amide bonds. The Morgan fingerprint density at radius 2 is 1.20 bits per heavy atom. The number of fused-ring (bicyclic) bond motifs is 12. The van der Waals surface area contributed by atoms with Gasteiger partial charge in [0.15, 0.2) is 5.82 Å². The molecule has 1 aliphatic heterocycles. The molecule has 2 aromatic heterocycles. The van der Waals surface area contributed by atoms with Crippen molar-refractivity contribution in [1.29, 1.82) is 0 Å². The average molecular weight is 562 g/mol. The Morgan fingerprint density at radius 3 is 2.07 bits per heavy atom. The Bertz CT molecular complexity index is 2530. The van der Waals surface area contributed by atoms with Crippen molar-refractivity contribution >= 4 is 32.8 Å². The summed E-state index contributed by atoms with van der Waals surface area (Å²) in [5, 5.41) is 2.45. The molecule has 3 nitrogen and oxygen atoms in total. The number of aromatic nitrogens is 3. The molecule has 0 unspecified atom stereocenters. The maximum absolute atomic E-state index is 5.31. The fourth-order valence-corrected chi connectivity index (χ4v) is 7.91. The quantitative estimate of drug-likeness (QED) is 0.200. The highest BCUT2D eigenvalue weighted by Gasteiger charge is 2.36. The van der Waals surface area contributed by atoms with E-state index < -0.39 is 0 Å². The largest absolute Gasteiger partial charge is 0.291 e. The van der Waals surface area contributed by atoms with Gasteiger partial charge in [-0.05, 0) is 63.2 Å². The van der Waals surface area contributed by atoms with Crippen molar-refractivity contribution in [2.45, 2.75) is 19.3 Å². The van der Waals surface area contributed by atoms with E-state index in [0.29, 0.717) is 0 Å². The van der Waals surface area contributed by atoms with Gasteiger partial charge in [0, 0.05) is 27.3 Å². The standard InChI is InChI=1S/C41H27N3/c1-41(2)32-15-7-5-11-26(32)31-23-24(19-22-33(31)41)25-20-21-30-27-12-6-10-18-36(27)44-39(30)37(25)28-13-3-4-14-29(28)38-40(44)43-35-17-9-8-16-34(35)42-38/h3-23H,1-2H3. The topological polar surface area (TPSA) is 30.7 Å². The van der Waals surface area contributed by atoms with Crippen molar-refractivity contribution in [3.8, 4) is 50.5 Å². The molecule has 8 aromatic rings. The molecule has 0 spiro atoms. The summed E-state index contributed by atoms with van der Waals surface area (Å²) in [5.41, 5.74) is 16.4. The van der Waals surface area contributed by atoms with Crippen LogP contribution in [0.2, 0.25) is 0 Å². The molecule has 2 aliphatic rings. The number of nitrogens with zero attached hydrogens (tertiary/aromatic N) is 3. The fraction of sp³-hybridized carbons (Fsp3) is 0.0732. The number of para-hydroxylation sites is 3. The van der Waals surface area contributed by atoms with Gasteiger partial charge < -0.3 is 0 Å². The van der Waals surface area contributed by atoms with Crippen molar-refractivity contribution in [2.75, 3.05) is 0 Å². The van der Waals surface area contributed by atoms with Gasteiger partial charge in [-0.1, -0.05) is 117 Å². The molecule has 0 saturated heterocycles. The summed E-state index contributed by atoms with van der Waals surface area (Å²) in [5.74, 6) is 0.878. The van der Waals surface area contributed by atoms with Crippen LogP contribution in [0, 0.1) is 0 Å². The zero-order chi connectivity index (χ0) is 29.2. The van der Waals surface area contributed by atoms with Crippen molar-refractivity contribution < 1.29 is 0 Å². The normalized spacial score (nSPS) is 13.9. The third kappa shape index (κ3) is 2.96. The van der Waals surface area contributed by atoms with Gasteiger partial charge in [-0.25, -0.2) is 9.97 Å². The van der Waals surface area contributed by atoms with E-state index in [1.54, 1.807) is 0 Å². The lowest BCUT2D eigenvalue weighted by Crippen LogP contribution is -2.14. The average Bonchev–Trinajstić information content (AvgIpc) is 3.47. The Balaban J connectivity index is 1.37. The lowest BCUT2D eigenvalue weighted by molar-refractivity contribution is 0.660. The zero-order valence-corrected chi connectivity index (χ0v) is 24.5. The van der Waals surface area contributed by atoms with Gasteiger partial charge in [0.1, 0.15) is 5.69 Å². The van der Waals surface area contributed by atoms with Gasteiger partial charge in [-0.3, -0.25) is 4.57 Å². The summed E-state index contributed by atoms with van der Waals surface area (Å²) in [7, 11) is 0. The zero-order valence-electron chi connectivity index (χ0n) is 24.5.